The number of carbonyl (C=O) groups excluding carboxylic acids is 1. The third-order valence-electron chi connectivity index (χ3n) is 1.72. The Labute approximate surface area is 97.6 Å². The average molecular weight is 240 g/mol. The first kappa shape index (κ1) is 12.6. The number of aliphatic carboxylic acids is 1. The number of hydrogen-bond donors (Lipinski definition) is 1. The Bertz CT molecular complexity index is 389. The molecule has 0 aliphatic carbocycles. The molecule has 5 heteroatoms. The molecule has 16 heavy (non-hydrogen) atoms. The summed E-state index contributed by atoms with van der Waals surface area (Å²) in [5.74, 6) is -0.890. The average Bonchev–Trinajstić information content (AvgIpc) is 2.17. The summed E-state index contributed by atoms with van der Waals surface area (Å²) >= 11 is 0.955. The molecule has 0 radical (unpaired) electrons. The minimum atomic E-state index is -0.890. The fourth-order valence-electron chi connectivity index (χ4n) is 1.14. The maximum Gasteiger partial charge on any atom is 0.372 e. The zero-order valence-corrected chi connectivity index (χ0v) is 9.62. The number of carboxylic acids is 1. The van der Waals surface area contributed by atoms with Crippen LogP contribution in [0.1, 0.15) is 12.5 Å². The smallest absolute Gasteiger partial charge is 0.372 e. The van der Waals surface area contributed by atoms with Crippen molar-refractivity contribution in [2.45, 2.75) is 18.2 Å². The number of rotatable bonds is 4. The SMILES string of the molecule is CCOC(=O)Sc1cccc(CC(=O)O)c1. The summed E-state index contributed by atoms with van der Waals surface area (Å²) in [6.45, 7) is 2.07. The molecule has 0 atom stereocenters. The first-order valence-electron chi connectivity index (χ1n) is 4.77. The molecule has 1 aromatic rings. The maximum absolute atomic E-state index is 11.2. The first-order chi connectivity index (χ1) is 7.61. The standard InChI is InChI=1S/C11H12O4S/c1-2-15-11(14)16-9-5-3-4-8(6-9)7-10(12)13/h3-6H,2,7H2,1H3,(H,12,13). The molecular weight excluding hydrogens is 228 g/mol. The molecule has 0 aromatic heterocycles. The van der Waals surface area contributed by atoms with E-state index in [1.54, 1.807) is 31.2 Å². The quantitative estimate of drug-likeness (QED) is 0.647. The van der Waals surface area contributed by atoms with Crippen LogP contribution in [0.2, 0.25) is 0 Å². The van der Waals surface area contributed by atoms with Crippen LogP contribution >= 0.6 is 11.8 Å². The lowest BCUT2D eigenvalue weighted by Gasteiger charge is -2.02. The van der Waals surface area contributed by atoms with Crippen LogP contribution in [-0.4, -0.2) is 23.0 Å². The van der Waals surface area contributed by atoms with Gasteiger partial charge >= 0.3 is 11.3 Å². The van der Waals surface area contributed by atoms with Crippen molar-refractivity contribution in [2.24, 2.45) is 0 Å². The Kier molecular flexibility index (Phi) is 4.85. The third kappa shape index (κ3) is 4.35. The van der Waals surface area contributed by atoms with Crippen LogP contribution in [0.5, 0.6) is 0 Å². The van der Waals surface area contributed by atoms with E-state index in [0.29, 0.717) is 17.1 Å². The molecule has 0 aliphatic rings. The number of carboxylic acid groups (broad SMARTS) is 1. The third-order valence-corrected chi connectivity index (χ3v) is 2.49. The Morgan fingerprint density at radius 2 is 2.19 bits per heavy atom. The Balaban J connectivity index is 2.67. The van der Waals surface area contributed by atoms with Gasteiger partial charge in [-0.25, -0.2) is 4.79 Å². The molecule has 0 fully saturated rings. The number of carbonyl (C=O) groups is 2. The van der Waals surface area contributed by atoms with Crippen molar-refractivity contribution in [3.05, 3.63) is 29.8 Å². The minimum Gasteiger partial charge on any atom is -0.481 e. The molecular formula is C11H12O4S. The Hall–Kier alpha value is -1.49. The van der Waals surface area contributed by atoms with Crippen molar-refractivity contribution in [3.8, 4) is 0 Å². The van der Waals surface area contributed by atoms with Crippen molar-refractivity contribution in [3.63, 3.8) is 0 Å². The van der Waals surface area contributed by atoms with Gasteiger partial charge in [-0.3, -0.25) is 4.79 Å². The molecule has 1 aromatic carbocycles. The molecule has 0 heterocycles. The van der Waals surface area contributed by atoms with Gasteiger partial charge in [0.2, 0.25) is 0 Å². The zero-order valence-electron chi connectivity index (χ0n) is 8.80. The van der Waals surface area contributed by atoms with Crippen LogP contribution in [0, 0.1) is 0 Å². The van der Waals surface area contributed by atoms with Gasteiger partial charge in [-0.15, -0.1) is 0 Å². The van der Waals surface area contributed by atoms with Gasteiger partial charge in [0.1, 0.15) is 0 Å². The van der Waals surface area contributed by atoms with Gasteiger partial charge in [-0.05, 0) is 36.4 Å². The molecule has 0 saturated carbocycles. The molecule has 0 unspecified atom stereocenters. The largest absolute Gasteiger partial charge is 0.481 e. The molecule has 0 amide bonds. The fourth-order valence-corrected chi connectivity index (χ4v) is 1.86. The lowest BCUT2D eigenvalue weighted by atomic mass is 10.2. The van der Waals surface area contributed by atoms with Crippen molar-refractivity contribution in [1.29, 1.82) is 0 Å². The Morgan fingerprint density at radius 3 is 2.81 bits per heavy atom. The highest BCUT2D eigenvalue weighted by molar-refractivity contribution is 8.13. The predicted octanol–water partition coefficient (Wildman–Crippen LogP) is 2.56. The van der Waals surface area contributed by atoms with Crippen molar-refractivity contribution in [2.75, 3.05) is 6.61 Å². The summed E-state index contributed by atoms with van der Waals surface area (Å²) in [6.07, 6.45) is -0.0444. The van der Waals surface area contributed by atoms with Crippen LogP contribution in [0.3, 0.4) is 0 Å². The van der Waals surface area contributed by atoms with Crippen LogP contribution in [0.4, 0.5) is 4.79 Å². The molecule has 1 N–H and O–H groups in total. The maximum atomic E-state index is 11.2. The van der Waals surface area contributed by atoms with Crippen LogP contribution in [-0.2, 0) is 16.0 Å². The highest BCUT2D eigenvalue weighted by atomic mass is 32.2. The molecule has 0 saturated heterocycles. The summed E-state index contributed by atoms with van der Waals surface area (Å²) in [5, 5.41) is 8.25. The summed E-state index contributed by atoms with van der Waals surface area (Å²) < 4.78 is 4.77. The fraction of sp³-hybridized carbons (Fsp3) is 0.273. The number of thioether (sulfide) groups is 1. The molecule has 86 valence electrons. The van der Waals surface area contributed by atoms with E-state index >= 15 is 0 Å². The van der Waals surface area contributed by atoms with Gasteiger partial charge in [-0.2, -0.15) is 0 Å². The second kappa shape index (κ2) is 6.17. The van der Waals surface area contributed by atoms with Crippen molar-refractivity contribution >= 4 is 23.0 Å². The van der Waals surface area contributed by atoms with Crippen molar-refractivity contribution in [1.82, 2.24) is 0 Å². The topological polar surface area (TPSA) is 63.6 Å². The van der Waals surface area contributed by atoms with E-state index in [9.17, 15) is 9.59 Å². The number of benzene rings is 1. The lowest BCUT2D eigenvalue weighted by Crippen LogP contribution is -2.00. The monoisotopic (exact) mass is 240 g/mol. The van der Waals surface area contributed by atoms with E-state index in [1.807, 2.05) is 0 Å². The number of ether oxygens (including phenoxy) is 1. The van der Waals surface area contributed by atoms with Crippen LogP contribution in [0.25, 0.3) is 0 Å². The van der Waals surface area contributed by atoms with Crippen LogP contribution in [0.15, 0.2) is 29.2 Å². The highest BCUT2D eigenvalue weighted by Crippen LogP contribution is 2.21. The molecule has 0 aliphatic heterocycles. The normalized spacial score (nSPS) is 9.81. The number of hydrogen-bond acceptors (Lipinski definition) is 4. The van der Waals surface area contributed by atoms with Crippen molar-refractivity contribution < 1.29 is 19.4 Å². The molecule has 1 rings (SSSR count). The van der Waals surface area contributed by atoms with E-state index in [1.165, 1.54) is 0 Å². The minimum absolute atomic E-state index is 0.0444. The summed E-state index contributed by atoms with van der Waals surface area (Å²) in [4.78, 5) is 22.4. The van der Waals surface area contributed by atoms with Gasteiger partial charge in [0.05, 0.1) is 13.0 Å². The summed E-state index contributed by atoms with van der Waals surface area (Å²) in [6, 6.07) is 6.85. The van der Waals surface area contributed by atoms with Crippen LogP contribution < -0.4 is 0 Å². The van der Waals surface area contributed by atoms with E-state index in [4.69, 9.17) is 9.84 Å². The zero-order chi connectivity index (χ0) is 12.0. The molecule has 4 nitrogen and oxygen atoms in total. The summed E-state index contributed by atoms with van der Waals surface area (Å²) in [7, 11) is 0. The second-order valence-corrected chi connectivity index (χ2v) is 4.01. The predicted molar refractivity (Wildman–Crippen MR) is 60.7 cm³/mol. The van der Waals surface area contributed by atoms with Gasteiger partial charge in [0.15, 0.2) is 0 Å². The van der Waals surface area contributed by atoms with E-state index in [0.717, 1.165) is 11.8 Å². The van der Waals surface area contributed by atoms with Gasteiger partial charge in [0, 0.05) is 4.90 Å². The van der Waals surface area contributed by atoms with E-state index in [2.05, 4.69) is 0 Å². The first-order valence-corrected chi connectivity index (χ1v) is 5.58. The lowest BCUT2D eigenvalue weighted by molar-refractivity contribution is -0.136. The van der Waals surface area contributed by atoms with E-state index < -0.39 is 5.97 Å². The van der Waals surface area contributed by atoms with Gasteiger partial charge in [0.25, 0.3) is 0 Å². The van der Waals surface area contributed by atoms with Gasteiger partial charge in [-0.1, -0.05) is 12.1 Å². The summed E-state index contributed by atoms with van der Waals surface area (Å²) in [5.41, 5.74) is 0.668. The van der Waals surface area contributed by atoms with E-state index in [-0.39, 0.29) is 11.7 Å². The van der Waals surface area contributed by atoms with Gasteiger partial charge < -0.3 is 9.84 Å². The highest BCUT2D eigenvalue weighted by Gasteiger charge is 2.06. The Morgan fingerprint density at radius 1 is 1.44 bits per heavy atom. The molecule has 0 bridgehead atoms. The second-order valence-electron chi connectivity index (χ2n) is 3.00. The molecule has 0 spiro atoms.